The predicted octanol–water partition coefficient (Wildman–Crippen LogP) is 4.53. The molecule has 0 saturated heterocycles. The van der Waals surface area contributed by atoms with E-state index >= 15 is 0 Å². The Morgan fingerprint density at radius 3 is 2.64 bits per heavy atom. The summed E-state index contributed by atoms with van der Waals surface area (Å²) in [6.07, 6.45) is 5.71. The molecule has 2 aromatic carbocycles. The van der Waals surface area contributed by atoms with Gasteiger partial charge in [0, 0.05) is 24.0 Å². The van der Waals surface area contributed by atoms with Crippen molar-refractivity contribution in [3.8, 4) is 0 Å². The number of carbonyl (C=O) groups is 1. The molecule has 0 radical (unpaired) electrons. The summed E-state index contributed by atoms with van der Waals surface area (Å²) in [6.45, 7) is 4.10. The third-order valence-corrected chi connectivity index (χ3v) is 5.77. The van der Waals surface area contributed by atoms with Crippen molar-refractivity contribution in [2.45, 2.75) is 25.3 Å². The maximum Gasteiger partial charge on any atom is 0.312 e. The third kappa shape index (κ3) is 2.95. The molecule has 1 aliphatic rings. The van der Waals surface area contributed by atoms with Gasteiger partial charge in [0.25, 0.3) is 0 Å². The van der Waals surface area contributed by atoms with Gasteiger partial charge in [-0.15, -0.1) is 0 Å². The zero-order valence-electron chi connectivity index (χ0n) is 16.3. The smallest absolute Gasteiger partial charge is 0.312 e. The van der Waals surface area contributed by atoms with Crippen LogP contribution in [0.1, 0.15) is 30.9 Å². The minimum atomic E-state index is -0.637. The second-order valence-electron chi connectivity index (χ2n) is 7.51. The van der Waals surface area contributed by atoms with E-state index in [0.717, 1.165) is 27.6 Å². The number of pyridine rings is 1. The maximum absolute atomic E-state index is 13.1. The van der Waals surface area contributed by atoms with Gasteiger partial charge in [-0.3, -0.25) is 9.78 Å². The number of nitrogens with zero attached hydrogens (tertiary/aromatic N) is 1. The van der Waals surface area contributed by atoms with Crippen LogP contribution < -0.4 is 5.32 Å². The molecule has 3 atom stereocenters. The molecular weight excluding hydrogens is 348 g/mol. The van der Waals surface area contributed by atoms with E-state index < -0.39 is 11.5 Å². The highest BCUT2D eigenvalue weighted by Gasteiger charge is 2.48. The quantitative estimate of drug-likeness (QED) is 0.686. The van der Waals surface area contributed by atoms with Crippen molar-refractivity contribution in [2.24, 2.45) is 5.92 Å². The molecule has 4 rings (SSSR count). The summed E-state index contributed by atoms with van der Waals surface area (Å²) < 4.78 is 5.28. The molecule has 2 heterocycles. The first kappa shape index (κ1) is 18.2. The molecule has 1 N–H and O–H groups in total. The first-order valence-electron chi connectivity index (χ1n) is 9.47. The Morgan fingerprint density at radius 2 is 1.89 bits per heavy atom. The minimum Gasteiger partial charge on any atom is -0.469 e. The number of rotatable bonds is 3. The lowest BCUT2D eigenvalue weighted by Crippen LogP contribution is -2.53. The Bertz CT molecular complexity index is 1040. The molecule has 3 unspecified atom stereocenters. The fourth-order valence-electron chi connectivity index (χ4n) is 4.50. The molecule has 0 bridgehead atoms. The molecule has 0 spiro atoms. The highest BCUT2D eigenvalue weighted by atomic mass is 16.5. The van der Waals surface area contributed by atoms with Crippen molar-refractivity contribution in [2.75, 3.05) is 7.11 Å². The van der Waals surface area contributed by atoms with Crippen LogP contribution in [0.4, 0.5) is 0 Å². The van der Waals surface area contributed by atoms with Crippen LogP contribution in [0.25, 0.3) is 10.8 Å². The maximum atomic E-state index is 13.1. The number of aromatic nitrogens is 1. The number of ether oxygens (including phenoxy) is 1. The zero-order chi connectivity index (χ0) is 19.7. The standard InChI is InChI=1S/C24H24N2O2/c1-16-14-21(20-12-6-9-17-8-4-5-11-19(17)20)22(23(27)28-3)24(2,26-16)18-10-7-13-25-15-18/h4-15,21-22,26H,1-3H3. The summed E-state index contributed by atoms with van der Waals surface area (Å²) in [6, 6.07) is 18.5. The number of esters is 1. The first-order chi connectivity index (χ1) is 13.5. The van der Waals surface area contributed by atoms with Crippen molar-refractivity contribution < 1.29 is 9.53 Å². The Hall–Kier alpha value is -3.14. The third-order valence-electron chi connectivity index (χ3n) is 5.77. The van der Waals surface area contributed by atoms with Gasteiger partial charge in [-0.2, -0.15) is 0 Å². The van der Waals surface area contributed by atoms with Crippen LogP contribution in [-0.4, -0.2) is 18.1 Å². The molecule has 3 aromatic rings. The number of fused-ring (bicyclic) bond motifs is 1. The zero-order valence-corrected chi connectivity index (χ0v) is 16.3. The number of methoxy groups -OCH3 is 1. The average molecular weight is 372 g/mol. The first-order valence-corrected chi connectivity index (χ1v) is 9.47. The van der Waals surface area contributed by atoms with Gasteiger partial charge in [-0.25, -0.2) is 0 Å². The molecule has 4 nitrogen and oxygen atoms in total. The van der Waals surface area contributed by atoms with Crippen LogP contribution in [0, 0.1) is 5.92 Å². The van der Waals surface area contributed by atoms with E-state index in [1.54, 1.807) is 6.20 Å². The second-order valence-corrected chi connectivity index (χ2v) is 7.51. The number of benzene rings is 2. The molecule has 1 aromatic heterocycles. The van der Waals surface area contributed by atoms with Gasteiger partial charge in [0.05, 0.1) is 18.6 Å². The molecule has 4 heteroatoms. The number of nitrogens with one attached hydrogen (secondary N) is 1. The van der Waals surface area contributed by atoms with E-state index in [9.17, 15) is 4.79 Å². The van der Waals surface area contributed by atoms with Crippen molar-refractivity contribution >= 4 is 16.7 Å². The Morgan fingerprint density at radius 1 is 1.11 bits per heavy atom. The lowest BCUT2D eigenvalue weighted by atomic mass is 9.68. The molecule has 0 saturated carbocycles. The summed E-state index contributed by atoms with van der Waals surface area (Å²) >= 11 is 0. The van der Waals surface area contributed by atoms with Crippen molar-refractivity contribution in [1.29, 1.82) is 0 Å². The number of hydrogen-bond donors (Lipinski definition) is 1. The molecule has 28 heavy (non-hydrogen) atoms. The molecular formula is C24H24N2O2. The van der Waals surface area contributed by atoms with E-state index in [1.807, 2.05) is 37.4 Å². The van der Waals surface area contributed by atoms with Crippen molar-refractivity contribution in [1.82, 2.24) is 10.3 Å². The van der Waals surface area contributed by atoms with E-state index in [1.165, 1.54) is 7.11 Å². The molecule has 1 aliphatic heterocycles. The van der Waals surface area contributed by atoms with E-state index in [-0.39, 0.29) is 11.9 Å². The van der Waals surface area contributed by atoms with Crippen LogP contribution in [0.15, 0.2) is 78.8 Å². The second kappa shape index (κ2) is 7.12. The highest BCUT2D eigenvalue weighted by Crippen LogP contribution is 2.45. The van der Waals surface area contributed by atoms with Crippen LogP contribution in [0.3, 0.4) is 0 Å². The average Bonchev–Trinajstić information content (AvgIpc) is 2.73. The minimum absolute atomic E-state index is 0.120. The number of allylic oxidation sites excluding steroid dienone is 2. The van der Waals surface area contributed by atoms with Crippen molar-refractivity contribution in [3.05, 3.63) is 89.9 Å². The lowest BCUT2D eigenvalue weighted by molar-refractivity contribution is -0.149. The largest absolute Gasteiger partial charge is 0.469 e. The SMILES string of the molecule is COC(=O)C1C(c2cccc3ccccc23)C=C(C)NC1(C)c1cccnc1. The Balaban J connectivity index is 1.95. The number of carbonyl (C=O) groups excluding carboxylic acids is 1. The summed E-state index contributed by atoms with van der Waals surface area (Å²) in [7, 11) is 1.46. The topological polar surface area (TPSA) is 51.2 Å². The Kier molecular flexibility index (Phi) is 4.63. The van der Waals surface area contributed by atoms with Crippen molar-refractivity contribution in [3.63, 3.8) is 0 Å². The molecule has 0 amide bonds. The molecule has 142 valence electrons. The predicted molar refractivity (Wildman–Crippen MR) is 111 cm³/mol. The number of hydrogen-bond acceptors (Lipinski definition) is 4. The fraction of sp³-hybridized carbons (Fsp3) is 0.250. The summed E-state index contributed by atoms with van der Waals surface area (Å²) in [5, 5.41) is 5.86. The van der Waals surface area contributed by atoms with Gasteiger partial charge in [0.2, 0.25) is 0 Å². The Labute approximate surface area is 165 Å². The molecule has 0 aliphatic carbocycles. The summed E-state index contributed by atoms with van der Waals surface area (Å²) in [5.74, 6) is -0.790. The van der Waals surface area contributed by atoms with E-state index in [0.29, 0.717) is 0 Å². The fourth-order valence-corrected chi connectivity index (χ4v) is 4.50. The van der Waals surface area contributed by atoms with Gasteiger partial charge in [-0.05, 0) is 41.8 Å². The highest BCUT2D eigenvalue weighted by molar-refractivity contribution is 5.88. The van der Waals surface area contributed by atoms with Crippen LogP contribution in [-0.2, 0) is 15.1 Å². The van der Waals surface area contributed by atoms with E-state index in [2.05, 4.69) is 53.6 Å². The van der Waals surface area contributed by atoms with Gasteiger partial charge in [0.15, 0.2) is 0 Å². The van der Waals surface area contributed by atoms with Crippen LogP contribution in [0.5, 0.6) is 0 Å². The van der Waals surface area contributed by atoms with Gasteiger partial charge in [0.1, 0.15) is 0 Å². The van der Waals surface area contributed by atoms with Crippen LogP contribution >= 0.6 is 0 Å². The monoisotopic (exact) mass is 372 g/mol. The summed E-state index contributed by atoms with van der Waals surface area (Å²) in [5.41, 5.74) is 2.49. The van der Waals surface area contributed by atoms with Crippen LogP contribution in [0.2, 0.25) is 0 Å². The van der Waals surface area contributed by atoms with Gasteiger partial charge < -0.3 is 10.1 Å². The molecule has 0 fully saturated rings. The lowest BCUT2D eigenvalue weighted by Gasteiger charge is -2.45. The van der Waals surface area contributed by atoms with Gasteiger partial charge in [-0.1, -0.05) is 54.6 Å². The summed E-state index contributed by atoms with van der Waals surface area (Å²) in [4.78, 5) is 17.4. The van der Waals surface area contributed by atoms with E-state index in [4.69, 9.17) is 4.74 Å². The van der Waals surface area contributed by atoms with Gasteiger partial charge >= 0.3 is 5.97 Å². The normalized spacial score (nSPS) is 24.3.